The number of amides is 1. The minimum Gasteiger partial charge on any atom is -0.468 e. The molecule has 0 aliphatic carbocycles. The first-order chi connectivity index (χ1) is 7.11. The molecule has 0 rings (SSSR count). The third kappa shape index (κ3) is 6.73. The second-order valence-corrected chi connectivity index (χ2v) is 3.00. The summed E-state index contributed by atoms with van der Waals surface area (Å²) in [7, 11) is 1.24. The summed E-state index contributed by atoms with van der Waals surface area (Å²) in [5, 5.41) is 2.37. The number of unbranched alkanes of at least 4 members (excludes halogenated alkanes) is 1. The van der Waals surface area contributed by atoms with Crippen molar-refractivity contribution in [2.75, 3.05) is 20.3 Å². The van der Waals surface area contributed by atoms with Crippen LogP contribution < -0.4 is 11.1 Å². The van der Waals surface area contributed by atoms with Gasteiger partial charge in [0.15, 0.2) is 0 Å². The summed E-state index contributed by atoms with van der Waals surface area (Å²) >= 11 is 0. The predicted octanol–water partition coefficient (Wildman–Crippen LogP) is 0.0130. The highest BCUT2D eigenvalue weighted by atomic mass is 16.5. The smallest absolute Gasteiger partial charge is 0.407 e. The molecule has 0 fully saturated rings. The van der Waals surface area contributed by atoms with Crippen LogP contribution in [0, 0.1) is 0 Å². The van der Waals surface area contributed by atoms with E-state index in [0.717, 1.165) is 12.8 Å². The van der Waals surface area contributed by atoms with Gasteiger partial charge in [-0.3, -0.25) is 4.79 Å². The molecule has 0 bridgehead atoms. The number of alkyl carbamates (subject to hydrolysis) is 1. The summed E-state index contributed by atoms with van der Waals surface area (Å²) in [4.78, 5) is 21.8. The number of esters is 1. The summed E-state index contributed by atoms with van der Waals surface area (Å²) in [5.41, 5.74) is 5.39. The Morgan fingerprint density at radius 1 is 1.47 bits per heavy atom. The van der Waals surface area contributed by atoms with Crippen LogP contribution in [-0.4, -0.2) is 38.4 Å². The fourth-order valence-electron chi connectivity index (χ4n) is 0.788. The molecule has 0 saturated carbocycles. The summed E-state index contributed by atoms with van der Waals surface area (Å²) in [5.74, 6) is -0.566. The van der Waals surface area contributed by atoms with E-state index in [1.165, 1.54) is 7.11 Å². The molecule has 0 aliphatic rings. The highest BCUT2D eigenvalue weighted by molar-refractivity contribution is 5.76. The van der Waals surface area contributed by atoms with Crippen LogP contribution in [0.2, 0.25) is 0 Å². The second-order valence-electron chi connectivity index (χ2n) is 3.00. The number of ether oxygens (including phenoxy) is 2. The maximum absolute atomic E-state index is 11.0. The Morgan fingerprint density at radius 2 is 2.13 bits per heavy atom. The lowest BCUT2D eigenvalue weighted by molar-refractivity contribution is -0.141. The van der Waals surface area contributed by atoms with E-state index in [0.29, 0.717) is 6.61 Å². The number of carbonyl (C=O) groups is 2. The van der Waals surface area contributed by atoms with Gasteiger partial charge < -0.3 is 20.5 Å². The summed E-state index contributed by atoms with van der Waals surface area (Å²) in [6.45, 7) is 2.38. The van der Waals surface area contributed by atoms with Crippen molar-refractivity contribution in [2.45, 2.75) is 25.8 Å². The first-order valence-corrected chi connectivity index (χ1v) is 4.85. The van der Waals surface area contributed by atoms with Crippen molar-refractivity contribution in [3.05, 3.63) is 0 Å². The highest BCUT2D eigenvalue weighted by Crippen LogP contribution is 1.88. The summed E-state index contributed by atoms with van der Waals surface area (Å²) in [6, 6.07) is -0.853. The first kappa shape index (κ1) is 13.7. The van der Waals surface area contributed by atoms with Crippen LogP contribution in [-0.2, 0) is 14.3 Å². The topological polar surface area (TPSA) is 90.6 Å². The quantitative estimate of drug-likeness (QED) is 0.484. The van der Waals surface area contributed by atoms with E-state index in [2.05, 4.69) is 10.1 Å². The average Bonchev–Trinajstić information content (AvgIpc) is 2.25. The Hall–Kier alpha value is -1.30. The van der Waals surface area contributed by atoms with Gasteiger partial charge in [0.2, 0.25) is 0 Å². The molecule has 6 nitrogen and oxygen atoms in total. The molecule has 6 heteroatoms. The van der Waals surface area contributed by atoms with Crippen LogP contribution in [0.4, 0.5) is 4.79 Å². The third-order valence-corrected chi connectivity index (χ3v) is 1.70. The molecule has 0 aromatic rings. The minimum absolute atomic E-state index is 0.0115. The number of rotatable bonds is 6. The van der Waals surface area contributed by atoms with Gasteiger partial charge in [0.05, 0.1) is 13.7 Å². The number of hydrogen-bond donors (Lipinski definition) is 2. The van der Waals surface area contributed by atoms with Crippen molar-refractivity contribution >= 4 is 12.1 Å². The zero-order chi connectivity index (χ0) is 11.7. The monoisotopic (exact) mass is 218 g/mol. The lowest BCUT2D eigenvalue weighted by Crippen LogP contribution is -2.43. The Kier molecular flexibility index (Phi) is 7.35. The van der Waals surface area contributed by atoms with Crippen molar-refractivity contribution < 1.29 is 19.1 Å². The van der Waals surface area contributed by atoms with Crippen LogP contribution in [0.5, 0.6) is 0 Å². The fourth-order valence-corrected chi connectivity index (χ4v) is 0.788. The molecule has 1 unspecified atom stereocenters. The summed E-state index contributed by atoms with van der Waals surface area (Å²) in [6.07, 6.45) is 1.20. The number of carbonyl (C=O) groups excluding carboxylic acids is 2. The number of nitrogens with two attached hydrogens (primary N) is 1. The van der Waals surface area contributed by atoms with Crippen LogP contribution >= 0.6 is 0 Å². The van der Waals surface area contributed by atoms with E-state index in [9.17, 15) is 9.59 Å². The summed E-state index contributed by atoms with van der Waals surface area (Å²) < 4.78 is 9.18. The molecule has 0 spiro atoms. The van der Waals surface area contributed by atoms with Crippen molar-refractivity contribution in [1.29, 1.82) is 0 Å². The molecular weight excluding hydrogens is 200 g/mol. The van der Waals surface area contributed by atoms with E-state index in [1.807, 2.05) is 6.92 Å². The third-order valence-electron chi connectivity index (χ3n) is 1.70. The molecular formula is C9H18N2O4. The molecule has 0 aliphatic heterocycles. The van der Waals surface area contributed by atoms with Crippen LogP contribution in [0.1, 0.15) is 19.8 Å². The maximum Gasteiger partial charge on any atom is 0.407 e. The number of methoxy groups -OCH3 is 1. The van der Waals surface area contributed by atoms with Crippen molar-refractivity contribution in [3.63, 3.8) is 0 Å². The lowest BCUT2D eigenvalue weighted by atomic mass is 10.3. The molecule has 0 heterocycles. The average molecular weight is 218 g/mol. The Labute approximate surface area is 89.1 Å². The SMILES string of the molecule is CCCCOC(=O)NCC(N)C(=O)OC. The Bertz CT molecular complexity index is 208. The van der Waals surface area contributed by atoms with Crippen LogP contribution in [0.25, 0.3) is 0 Å². The molecule has 0 aromatic heterocycles. The van der Waals surface area contributed by atoms with Gasteiger partial charge in [-0.2, -0.15) is 0 Å². The van der Waals surface area contributed by atoms with Gasteiger partial charge in [0.1, 0.15) is 6.04 Å². The molecule has 15 heavy (non-hydrogen) atoms. The number of hydrogen-bond acceptors (Lipinski definition) is 5. The predicted molar refractivity (Wildman–Crippen MR) is 54.3 cm³/mol. The molecule has 0 radical (unpaired) electrons. The molecule has 0 saturated heterocycles. The molecule has 0 aromatic carbocycles. The van der Waals surface area contributed by atoms with E-state index in [4.69, 9.17) is 10.5 Å². The van der Waals surface area contributed by atoms with Gasteiger partial charge in [0.25, 0.3) is 0 Å². The van der Waals surface area contributed by atoms with E-state index >= 15 is 0 Å². The van der Waals surface area contributed by atoms with Crippen LogP contribution in [0.15, 0.2) is 0 Å². The standard InChI is InChI=1S/C9H18N2O4/c1-3-4-5-15-9(13)11-6-7(10)8(12)14-2/h7H,3-6,10H2,1-2H3,(H,11,13). The Morgan fingerprint density at radius 3 is 2.67 bits per heavy atom. The van der Waals surface area contributed by atoms with Gasteiger partial charge in [-0.05, 0) is 6.42 Å². The van der Waals surface area contributed by atoms with Gasteiger partial charge in [-0.25, -0.2) is 4.79 Å². The van der Waals surface area contributed by atoms with Gasteiger partial charge in [-0.1, -0.05) is 13.3 Å². The van der Waals surface area contributed by atoms with E-state index < -0.39 is 18.1 Å². The van der Waals surface area contributed by atoms with Gasteiger partial charge in [0, 0.05) is 6.54 Å². The normalized spacial score (nSPS) is 11.7. The molecule has 1 amide bonds. The molecule has 1 atom stereocenters. The van der Waals surface area contributed by atoms with Crippen molar-refractivity contribution in [2.24, 2.45) is 5.73 Å². The van der Waals surface area contributed by atoms with Gasteiger partial charge in [-0.15, -0.1) is 0 Å². The largest absolute Gasteiger partial charge is 0.468 e. The minimum atomic E-state index is -0.853. The highest BCUT2D eigenvalue weighted by Gasteiger charge is 2.14. The maximum atomic E-state index is 11.0. The van der Waals surface area contributed by atoms with Gasteiger partial charge >= 0.3 is 12.1 Å². The zero-order valence-electron chi connectivity index (χ0n) is 9.12. The zero-order valence-corrected chi connectivity index (χ0v) is 9.12. The molecule has 3 N–H and O–H groups in total. The van der Waals surface area contributed by atoms with E-state index in [-0.39, 0.29) is 6.54 Å². The fraction of sp³-hybridized carbons (Fsp3) is 0.778. The van der Waals surface area contributed by atoms with Crippen molar-refractivity contribution in [3.8, 4) is 0 Å². The Balaban J connectivity index is 3.57. The van der Waals surface area contributed by atoms with Crippen molar-refractivity contribution in [1.82, 2.24) is 5.32 Å². The second kappa shape index (κ2) is 8.05. The number of nitrogens with one attached hydrogen (secondary N) is 1. The van der Waals surface area contributed by atoms with Crippen LogP contribution in [0.3, 0.4) is 0 Å². The lowest BCUT2D eigenvalue weighted by Gasteiger charge is -2.10. The first-order valence-electron chi connectivity index (χ1n) is 4.85. The van der Waals surface area contributed by atoms with E-state index in [1.54, 1.807) is 0 Å². The molecule has 88 valence electrons.